The van der Waals surface area contributed by atoms with Gasteiger partial charge in [0.15, 0.2) is 0 Å². The first-order valence-electron chi connectivity index (χ1n) is 4.96. The van der Waals surface area contributed by atoms with Crippen molar-refractivity contribution < 1.29 is 0 Å². The number of nitrogens with one attached hydrogen (secondary N) is 1. The number of rotatable bonds is 2. The molecule has 0 radical (unpaired) electrons. The molecule has 0 saturated heterocycles. The number of nitrogens with zero attached hydrogens (tertiary/aromatic N) is 2. The zero-order valence-corrected chi connectivity index (χ0v) is 8.33. The third-order valence-electron chi connectivity index (χ3n) is 3.12. The highest BCUT2D eigenvalue weighted by Gasteiger charge is 2.26. The fourth-order valence-electron chi connectivity index (χ4n) is 2.30. The van der Waals surface area contributed by atoms with Gasteiger partial charge in [-0.2, -0.15) is 5.10 Å². The van der Waals surface area contributed by atoms with E-state index in [0.717, 1.165) is 0 Å². The van der Waals surface area contributed by atoms with Gasteiger partial charge >= 0.3 is 0 Å². The van der Waals surface area contributed by atoms with Crippen molar-refractivity contribution in [2.75, 3.05) is 7.05 Å². The molecule has 1 aromatic rings. The van der Waals surface area contributed by atoms with Gasteiger partial charge in [0, 0.05) is 30.9 Å². The largest absolute Gasteiger partial charge is 0.317 e. The molecule has 1 fully saturated rings. The number of hydrogen-bond acceptors (Lipinski definition) is 2. The van der Waals surface area contributed by atoms with Crippen molar-refractivity contribution in [3.63, 3.8) is 0 Å². The van der Waals surface area contributed by atoms with Gasteiger partial charge in [-0.05, 0) is 32.4 Å². The van der Waals surface area contributed by atoms with Gasteiger partial charge in [0.25, 0.3) is 0 Å². The van der Waals surface area contributed by atoms with Crippen LogP contribution in [0.3, 0.4) is 0 Å². The highest BCUT2D eigenvalue weighted by molar-refractivity contribution is 5.10. The Kier molecular flexibility index (Phi) is 2.36. The monoisotopic (exact) mass is 179 g/mol. The molecule has 3 nitrogen and oxygen atoms in total. The second kappa shape index (κ2) is 3.50. The second-order valence-corrected chi connectivity index (χ2v) is 3.88. The average Bonchev–Trinajstić information content (AvgIpc) is 2.71. The third-order valence-corrected chi connectivity index (χ3v) is 3.12. The maximum absolute atomic E-state index is 4.21. The lowest BCUT2D eigenvalue weighted by Crippen LogP contribution is -2.21. The Hall–Kier alpha value is -0.830. The Balaban J connectivity index is 2.08. The predicted octanol–water partition coefficient (Wildman–Crippen LogP) is 1.28. The summed E-state index contributed by atoms with van der Waals surface area (Å²) in [4.78, 5) is 0. The van der Waals surface area contributed by atoms with Gasteiger partial charge in [-0.1, -0.05) is 0 Å². The molecule has 0 spiro atoms. The Labute approximate surface area is 79.1 Å². The summed E-state index contributed by atoms with van der Waals surface area (Å²) < 4.78 is 2.00. The van der Waals surface area contributed by atoms with E-state index in [1.54, 1.807) is 0 Å². The molecule has 0 aliphatic heterocycles. The zero-order chi connectivity index (χ0) is 9.26. The summed E-state index contributed by atoms with van der Waals surface area (Å²) in [5.41, 5.74) is 1.39. The third kappa shape index (κ3) is 1.61. The lowest BCUT2D eigenvalue weighted by molar-refractivity contribution is 0.558. The van der Waals surface area contributed by atoms with Gasteiger partial charge < -0.3 is 5.32 Å². The summed E-state index contributed by atoms with van der Waals surface area (Å²) in [5, 5.41) is 7.55. The summed E-state index contributed by atoms with van der Waals surface area (Å²) >= 11 is 0. The van der Waals surface area contributed by atoms with Gasteiger partial charge in [-0.3, -0.25) is 4.68 Å². The molecule has 1 aromatic heterocycles. The van der Waals surface area contributed by atoms with E-state index in [9.17, 15) is 0 Å². The maximum Gasteiger partial charge on any atom is 0.0492 e. The SMILES string of the molecule is CNC1CCC(c2ccnn2C)C1. The fourth-order valence-corrected chi connectivity index (χ4v) is 2.30. The minimum absolute atomic E-state index is 0.708. The average molecular weight is 179 g/mol. The number of hydrogen-bond donors (Lipinski definition) is 1. The Morgan fingerprint density at radius 2 is 2.38 bits per heavy atom. The molecule has 1 N–H and O–H groups in total. The van der Waals surface area contributed by atoms with E-state index < -0.39 is 0 Å². The van der Waals surface area contributed by atoms with E-state index in [0.29, 0.717) is 12.0 Å². The molecular weight excluding hydrogens is 162 g/mol. The van der Waals surface area contributed by atoms with Crippen molar-refractivity contribution in [3.05, 3.63) is 18.0 Å². The van der Waals surface area contributed by atoms with E-state index in [-0.39, 0.29) is 0 Å². The van der Waals surface area contributed by atoms with Crippen LogP contribution in [0.5, 0.6) is 0 Å². The first-order chi connectivity index (χ1) is 6.31. The van der Waals surface area contributed by atoms with Gasteiger partial charge in [0.1, 0.15) is 0 Å². The minimum Gasteiger partial charge on any atom is -0.317 e. The Morgan fingerprint density at radius 1 is 1.54 bits per heavy atom. The van der Waals surface area contributed by atoms with Crippen LogP contribution in [0.25, 0.3) is 0 Å². The zero-order valence-electron chi connectivity index (χ0n) is 8.33. The topological polar surface area (TPSA) is 29.9 Å². The van der Waals surface area contributed by atoms with E-state index in [4.69, 9.17) is 0 Å². The van der Waals surface area contributed by atoms with Crippen LogP contribution >= 0.6 is 0 Å². The smallest absolute Gasteiger partial charge is 0.0492 e. The second-order valence-electron chi connectivity index (χ2n) is 3.88. The molecule has 0 amide bonds. The molecule has 13 heavy (non-hydrogen) atoms. The van der Waals surface area contributed by atoms with Crippen LogP contribution < -0.4 is 5.32 Å². The van der Waals surface area contributed by atoms with Crippen LogP contribution in [-0.2, 0) is 7.05 Å². The first kappa shape index (κ1) is 8.75. The highest BCUT2D eigenvalue weighted by Crippen LogP contribution is 2.33. The first-order valence-corrected chi connectivity index (χ1v) is 4.96. The van der Waals surface area contributed by atoms with Crippen molar-refractivity contribution in [3.8, 4) is 0 Å². The molecule has 2 rings (SSSR count). The van der Waals surface area contributed by atoms with Crippen molar-refractivity contribution in [2.24, 2.45) is 7.05 Å². The number of aromatic nitrogens is 2. The molecule has 3 heteroatoms. The molecule has 2 unspecified atom stereocenters. The molecule has 1 heterocycles. The maximum atomic E-state index is 4.21. The van der Waals surface area contributed by atoms with E-state index in [1.165, 1.54) is 25.0 Å². The van der Waals surface area contributed by atoms with Gasteiger partial charge in [-0.15, -0.1) is 0 Å². The fraction of sp³-hybridized carbons (Fsp3) is 0.700. The van der Waals surface area contributed by atoms with Crippen LogP contribution in [0.1, 0.15) is 30.9 Å². The summed E-state index contributed by atoms with van der Waals surface area (Å²) in [7, 11) is 4.08. The minimum atomic E-state index is 0.708. The van der Waals surface area contributed by atoms with Crippen LogP contribution in [0.15, 0.2) is 12.3 Å². The van der Waals surface area contributed by atoms with Crippen LogP contribution in [0, 0.1) is 0 Å². The number of aryl methyl sites for hydroxylation is 1. The van der Waals surface area contributed by atoms with Crippen LogP contribution in [-0.4, -0.2) is 22.9 Å². The standard InChI is InChI=1S/C10H17N3/c1-11-9-4-3-8(7-9)10-5-6-12-13(10)2/h5-6,8-9,11H,3-4,7H2,1-2H3. The van der Waals surface area contributed by atoms with Crippen molar-refractivity contribution >= 4 is 0 Å². The Bertz CT molecular complexity index is 279. The molecule has 0 aromatic carbocycles. The van der Waals surface area contributed by atoms with E-state index in [1.807, 2.05) is 17.9 Å². The molecule has 72 valence electrons. The van der Waals surface area contributed by atoms with Gasteiger partial charge in [-0.25, -0.2) is 0 Å². The van der Waals surface area contributed by atoms with Crippen LogP contribution in [0.4, 0.5) is 0 Å². The van der Waals surface area contributed by atoms with Crippen molar-refractivity contribution in [2.45, 2.75) is 31.2 Å². The lowest BCUT2D eigenvalue weighted by atomic mass is 10.0. The van der Waals surface area contributed by atoms with Crippen molar-refractivity contribution in [1.29, 1.82) is 0 Å². The summed E-state index contributed by atoms with van der Waals surface area (Å²) in [6.45, 7) is 0. The van der Waals surface area contributed by atoms with Gasteiger partial charge in [0.2, 0.25) is 0 Å². The van der Waals surface area contributed by atoms with Gasteiger partial charge in [0.05, 0.1) is 0 Å². The molecular formula is C10H17N3. The molecule has 0 bridgehead atoms. The summed E-state index contributed by atoms with van der Waals surface area (Å²) in [6.07, 6.45) is 5.75. The van der Waals surface area contributed by atoms with Crippen LogP contribution in [0.2, 0.25) is 0 Å². The molecule has 1 aliphatic carbocycles. The van der Waals surface area contributed by atoms with Crippen molar-refractivity contribution in [1.82, 2.24) is 15.1 Å². The summed E-state index contributed by atoms with van der Waals surface area (Å²) in [5.74, 6) is 0.713. The lowest BCUT2D eigenvalue weighted by Gasteiger charge is -2.10. The van der Waals surface area contributed by atoms with E-state index in [2.05, 4.69) is 23.5 Å². The highest BCUT2D eigenvalue weighted by atomic mass is 15.3. The van der Waals surface area contributed by atoms with E-state index >= 15 is 0 Å². The molecule has 1 saturated carbocycles. The Morgan fingerprint density at radius 3 is 2.92 bits per heavy atom. The predicted molar refractivity (Wildman–Crippen MR) is 52.6 cm³/mol. The summed E-state index contributed by atoms with van der Waals surface area (Å²) in [6, 6.07) is 2.85. The molecule has 2 atom stereocenters. The molecule has 1 aliphatic rings. The normalized spacial score (nSPS) is 28.2. The quantitative estimate of drug-likeness (QED) is 0.741.